The Labute approximate surface area is 189 Å². The molecule has 4 rings (SSSR count). The lowest BCUT2D eigenvalue weighted by molar-refractivity contribution is -0.117. The molecule has 1 aliphatic heterocycles. The summed E-state index contributed by atoms with van der Waals surface area (Å²) in [6, 6.07) is 11.7. The van der Waals surface area contributed by atoms with E-state index in [9.17, 15) is 9.59 Å². The number of carbonyl (C=O) groups is 2. The van der Waals surface area contributed by atoms with Crippen molar-refractivity contribution in [2.24, 2.45) is 5.73 Å². The molecule has 5 N–H and O–H groups in total. The van der Waals surface area contributed by atoms with Gasteiger partial charge in [0.05, 0.1) is 18.5 Å². The number of pyridine rings is 1. The molecule has 32 heavy (non-hydrogen) atoms. The van der Waals surface area contributed by atoms with E-state index in [1.807, 2.05) is 36.4 Å². The number of aliphatic hydroxyl groups excluding tert-OH is 1. The van der Waals surface area contributed by atoms with Gasteiger partial charge in [-0.2, -0.15) is 0 Å². The maximum Gasteiger partial charge on any atom is 0.288 e. The van der Waals surface area contributed by atoms with Crippen molar-refractivity contribution in [1.82, 2.24) is 20.2 Å². The first-order chi connectivity index (χ1) is 15.5. The van der Waals surface area contributed by atoms with Crippen LogP contribution < -0.4 is 16.0 Å². The number of primary amides is 1. The maximum absolute atomic E-state index is 11.7. The van der Waals surface area contributed by atoms with Crippen molar-refractivity contribution in [3.8, 4) is 0 Å². The fraction of sp³-hybridized carbons (Fsp3) is 0.286. The molecule has 0 unspecified atom stereocenters. The Bertz CT molecular complexity index is 1060. The molecule has 3 heterocycles. The van der Waals surface area contributed by atoms with Crippen LogP contribution in [0.3, 0.4) is 0 Å². The predicted octanol–water partition coefficient (Wildman–Crippen LogP) is 1.44. The van der Waals surface area contributed by atoms with Crippen LogP contribution in [-0.4, -0.2) is 63.0 Å². The summed E-state index contributed by atoms with van der Waals surface area (Å²) in [5, 5.41) is 18.1. The number of hydrogen-bond acceptors (Lipinski definition) is 8. The van der Waals surface area contributed by atoms with Crippen LogP contribution in [0.4, 0.5) is 11.5 Å². The summed E-state index contributed by atoms with van der Waals surface area (Å²) in [6.45, 7) is 0.551. The molecule has 11 heteroatoms. The number of hydrogen-bond donors (Lipinski definition) is 4. The molecule has 168 valence electrons. The Balaban J connectivity index is 0.000000182. The van der Waals surface area contributed by atoms with Gasteiger partial charge in [0.15, 0.2) is 0 Å². The molecular formula is C21H25N7O3S. The molecule has 0 aliphatic carbocycles. The first kappa shape index (κ1) is 23.2. The standard InChI is InChI=1S/C11H15N3O2S.C10H10N4O/c1-14-8-7-13-10(12-3-4-15)6-9(8)17-5-2-11(14)16;11-9(15)10-12-8(13-14-10)6-7-4-2-1-3-5-7/h6-7,15H,2-5H2,1H3,(H,12,13);1-5H,6H2,(H2,11,15)(H,12,13,14). The third-order valence-electron chi connectivity index (χ3n) is 4.54. The zero-order valence-electron chi connectivity index (χ0n) is 17.6. The van der Waals surface area contributed by atoms with Crippen LogP contribution in [0.15, 0.2) is 47.5 Å². The molecule has 2 amide bonds. The van der Waals surface area contributed by atoms with E-state index in [0.717, 1.165) is 27.7 Å². The minimum absolute atomic E-state index is 0.0286. The van der Waals surface area contributed by atoms with E-state index in [1.165, 1.54) is 0 Å². The van der Waals surface area contributed by atoms with E-state index in [0.29, 0.717) is 25.2 Å². The lowest BCUT2D eigenvalue weighted by Crippen LogP contribution is -2.25. The lowest BCUT2D eigenvalue weighted by Gasteiger charge is -2.17. The van der Waals surface area contributed by atoms with E-state index in [1.54, 1.807) is 29.9 Å². The quantitative estimate of drug-likeness (QED) is 0.436. The molecular weight excluding hydrogens is 430 g/mol. The van der Waals surface area contributed by atoms with E-state index in [2.05, 4.69) is 25.5 Å². The number of amides is 2. The highest BCUT2D eigenvalue weighted by Crippen LogP contribution is 2.34. The van der Waals surface area contributed by atoms with Crippen molar-refractivity contribution in [3.05, 3.63) is 59.8 Å². The van der Waals surface area contributed by atoms with E-state index >= 15 is 0 Å². The summed E-state index contributed by atoms with van der Waals surface area (Å²) in [4.78, 5) is 33.3. The largest absolute Gasteiger partial charge is 0.395 e. The van der Waals surface area contributed by atoms with Gasteiger partial charge in [0.2, 0.25) is 11.7 Å². The first-order valence-electron chi connectivity index (χ1n) is 9.97. The second kappa shape index (κ2) is 11.3. The fourth-order valence-electron chi connectivity index (χ4n) is 2.90. The number of anilines is 2. The monoisotopic (exact) mass is 455 g/mol. The van der Waals surface area contributed by atoms with E-state index in [-0.39, 0.29) is 18.3 Å². The first-order valence-corrected chi connectivity index (χ1v) is 11.0. The smallest absolute Gasteiger partial charge is 0.288 e. The number of nitrogens with zero attached hydrogens (tertiary/aromatic N) is 4. The molecule has 10 nitrogen and oxygen atoms in total. The summed E-state index contributed by atoms with van der Waals surface area (Å²) < 4.78 is 0. The zero-order chi connectivity index (χ0) is 22.9. The molecule has 0 saturated heterocycles. The highest BCUT2D eigenvalue weighted by molar-refractivity contribution is 7.99. The Morgan fingerprint density at radius 2 is 2.12 bits per heavy atom. The third kappa shape index (κ3) is 6.28. The summed E-state index contributed by atoms with van der Waals surface area (Å²) in [5.74, 6) is 1.68. The van der Waals surface area contributed by atoms with E-state index < -0.39 is 5.91 Å². The van der Waals surface area contributed by atoms with Crippen LogP contribution in [0.25, 0.3) is 0 Å². The molecule has 3 aromatic rings. The number of thioether (sulfide) groups is 1. The van der Waals surface area contributed by atoms with Gasteiger partial charge in [0.1, 0.15) is 11.6 Å². The van der Waals surface area contributed by atoms with Crippen LogP contribution in [0.1, 0.15) is 28.4 Å². The highest BCUT2D eigenvalue weighted by atomic mass is 32.2. The second-order valence-electron chi connectivity index (χ2n) is 6.87. The molecule has 1 aliphatic rings. The van der Waals surface area contributed by atoms with Gasteiger partial charge in [-0.3, -0.25) is 14.7 Å². The van der Waals surface area contributed by atoms with Crippen molar-refractivity contribution in [2.75, 3.05) is 36.2 Å². The van der Waals surface area contributed by atoms with Gasteiger partial charge in [-0.1, -0.05) is 30.3 Å². The molecule has 0 spiro atoms. The minimum Gasteiger partial charge on any atom is -0.395 e. The van der Waals surface area contributed by atoms with Crippen molar-refractivity contribution in [2.45, 2.75) is 17.7 Å². The normalized spacial score (nSPS) is 12.9. The van der Waals surface area contributed by atoms with Gasteiger partial charge in [0, 0.05) is 37.1 Å². The Morgan fingerprint density at radius 3 is 2.81 bits per heavy atom. The summed E-state index contributed by atoms with van der Waals surface area (Å²) in [7, 11) is 1.77. The predicted molar refractivity (Wildman–Crippen MR) is 123 cm³/mol. The topological polar surface area (TPSA) is 150 Å². The Hall–Kier alpha value is -3.44. The van der Waals surface area contributed by atoms with Crippen LogP contribution in [0.5, 0.6) is 0 Å². The average Bonchev–Trinajstić information content (AvgIpc) is 3.22. The van der Waals surface area contributed by atoms with Crippen LogP contribution in [0, 0.1) is 0 Å². The van der Waals surface area contributed by atoms with Crippen LogP contribution in [0.2, 0.25) is 0 Å². The van der Waals surface area contributed by atoms with Gasteiger partial charge >= 0.3 is 0 Å². The van der Waals surface area contributed by atoms with Crippen molar-refractivity contribution in [3.63, 3.8) is 0 Å². The summed E-state index contributed by atoms with van der Waals surface area (Å²) in [6.07, 6.45) is 2.86. The Morgan fingerprint density at radius 1 is 1.34 bits per heavy atom. The molecule has 0 bridgehead atoms. The lowest BCUT2D eigenvalue weighted by atomic mass is 10.1. The van der Waals surface area contributed by atoms with E-state index in [4.69, 9.17) is 10.8 Å². The molecule has 0 atom stereocenters. The number of aromatic amines is 1. The van der Waals surface area contributed by atoms with Gasteiger partial charge < -0.3 is 21.1 Å². The number of rotatable bonds is 6. The maximum atomic E-state index is 11.7. The number of nitrogens with two attached hydrogens (primary N) is 1. The van der Waals surface area contributed by atoms with Crippen molar-refractivity contribution in [1.29, 1.82) is 0 Å². The Kier molecular flexibility index (Phi) is 8.17. The van der Waals surface area contributed by atoms with Gasteiger partial charge in [-0.15, -0.1) is 16.9 Å². The second-order valence-corrected chi connectivity index (χ2v) is 8.01. The van der Waals surface area contributed by atoms with Crippen LogP contribution in [-0.2, 0) is 11.2 Å². The average molecular weight is 456 g/mol. The molecule has 0 saturated carbocycles. The molecule has 1 aromatic carbocycles. The van der Waals surface area contributed by atoms with Crippen LogP contribution >= 0.6 is 11.8 Å². The third-order valence-corrected chi connectivity index (χ3v) is 5.59. The van der Waals surface area contributed by atoms with Gasteiger partial charge in [-0.25, -0.2) is 9.97 Å². The number of H-pyrrole nitrogens is 1. The summed E-state index contributed by atoms with van der Waals surface area (Å²) in [5.41, 5.74) is 6.99. The number of aliphatic hydroxyl groups is 1. The van der Waals surface area contributed by atoms with Gasteiger partial charge in [0.25, 0.3) is 5.91 Å². The number of nitrogens with one attached hydrogen (secondary N) is 2. The molecule has 0 radical (unpaired) electrons. The number of fused-ring (bicyclic) bond motifs is 1. The summed E-state index contributed by atoms with van der Waals surface area (Å²) >= 11 is 1.66. The van der Waals surface area contributed by atoms with Crippen molar-refractivity contribution >= 4 is 35.1 Å². The minimum atomic E-state index is -0.620. The zero-order valence-corrected chi connectivity index (χ0v) is 18.4. The van der Waals surface area contributed by atoms with Gasteiger partial charge in [-0.05, 0) is 11.6 Å². The molecule has 0 fully saturated rings. The highest BCUT2D eigenvalue weighted by Gasteiger charge is 2.19. The number of carbonyl (C=O) groups excluding carboxylic acids is 2. The fourth-order valence-corrected chi connectivity index (χ4v) is 3.93. The number of benzene rings is 1. The SMILES string of the molecule is CN1C(=O)CCSc2cc(NCCO)ncc21.NC(=O)c1n[nH]c(Cc2ccccc2)n1. The number of aromatic nitrogens is 4. The van der Waals surface area contributed by atoms with Crippen molar-refractivity contribution < 1.29 is 14.7 Å². The molecule has 2 aromatic heterocycles.